The van der Waals surface area contributed by atoms with Gasteiger partial charge in [0, 0.05) is 6.54 Å². The molecule has 0 unspecified atom stereocenters. The second-order valence-corrected chi connectivity index (χ2v) is 2.89. The van der Waals surface area contributed by atoms with Crippen molar-refractivity contribution >= 4 is 5.71 Å². The van der Waals surface area contributed by atoms with Crippen LogP contribution in [0.1, 0.15) is 12.8 Å². The monoisotopic (exact) mass is 145 g/mol. The van der Waals surface area contributed by atoms with Gasteiger partial charge in [-0.2, -0.15) is 0 Å². The lowest BCUT2D eigenvalue weighted by atomic mass is 9.93. The molecule has 1 nitrogen and oxygen atoms in total. The van der Waals surface area contributed by atoms with Crippen LogP contribution in [-0.2, 0) is 0 Å². The Labute approximate surface area is 66.8 Å². The van der Waals surface area contributed by atoms with E-state index in [4.69, 9.17) is 0 Å². The maximum atomic E-state index is 4.43. The van der Waals surface area contributed by atoms with E-state index in [1.165, 1.54) is 11.1 Å². The summed E-state index contributed by atoms with van der Waals surface area (Å²) in [6, 6.07) is 0. The third-order valence-electron chi connectivity index (χ3n) is 2.03. The van der Waals surface area contributed by atoms with E-state index in [1.54, 1.807) is 0 Å². The molecule has 0 bridgehead atoms. The molecule has 0 aromatic carbocycles. The molecule has 0 aromatic heterocycles. The Balaban J connectivity index is 2.44. The molecule has 0 saturated heterocycles. The van der Waals surface area contributed by atoms with E-state index in [1.807, 2.05) is 0 Å². The minimum Gasteiger partial charge on any atom is -0.284 e. The number of fused-ring (bicyclic) bond motifs is 1. The zero-order valence-electron chi connectivity index (χ0n) is 6.51. The van der Waals surface area contributed by atoms with Gasteiger partial charge in [-0.05, 0) is 24.0 Å². The Morgan fingerprint density at radius 2 is 2.36 bits per heavy atom. The van der Waals surface area contributed by atoms with Crippen molar-refractivity contribution in [3.05, 3.63) is 36.0 Å². The standard InChI is InChI=1S/C10H11N/c1-8-4-2-5-9-6-3-7-11-10(8)9/h2,5-6H,1,3-4,7H2. The minimum absolute atomic E-state index is 0.936. The van der Waals surface area contributed by atoms with Gasteiger partial charge in [-0.3, -0.25) is 4.99 Å². The fraction of sp³-hybridized carbons (Fsp3) is 0.300. The van der Waals surface area contributed by atoms with Crippen molar-refractivity contribution < 1.29 is 0 Å². The van der Waals surface area contributed by atoms with Crippen molar-refractivity contribution in [1.29, 1.82) is 0 Å². The first-order valence-corrected chi connectivity index (χ1v) is 3.97. The molecule has 11 heavy (non-hydrogen) atoms. The van der Waals surface area contributed by atoms with Gasteiger partial charge < -0.3 is 0 Å². The zero-order chi connectivity index (χ0) is 7.68. The van der Waals surface area contributed by atoms with Gasteiger partial charge in [0.25, 0.3) is 0 Å². The van der Waals surface area contributed by atoms with Gasteiger partial charge >= 0.3 is 0 Å². The Morgan fingerprint density at radius 1 is 1.45 bits per heavy atom. The van der Waals surface area contributed by atoms with Crippen LogP contribution in [0.2, 0.25) is 0 Å². The predicted octanol–water partition coefficient (Wildman–Crippen LogP) is 2.27. The average Bonchev–Trinajstić information content (AvgIpc) is 2.06. The lowest BCUT2D eigenvalue weighted by Crippen LogP contribution is -2.12. The first kappa shape index (κ1) is 6.59. The van der Waals surface area contributed by atoms with Crippen LogP contribution in [0.4, 0.5) is 0 Å². The van der Waals surface area contributed by atoms with E-state index in [0.29, 0.717) is 0 Å². The number of rotatable bonds is 0. The van der Waals surface area contributed by atoms with Gasteiger partial charge in [0.15, 0.2) is 0 Å². The molecule has 0 N–H and O–H groups in total. The van der Waals surface area contributed by atoms with Crippen molar-refractivity contribution in [2.24, 2.45) is 4.99 Å². The number of aliphatic imine (C=N–C) groups is 1. The molecule has 1 heterocycles. The molecule has 0 aromatic rings. The quantitative estimate of drug-likeness (QED) is 0.496. The highest BCUT2D eigenvalue weighted by atomic mass is 14.7. The van der Waals surface area contributed by atoms with Crippen LogP contribution in [0.3, 0.4) is 0 Å². The van der Waals surface area contributed by atoms with Crippen LogP contribution in [0.25, 0.3) is 0 Å². The minimum atomic E-state index is 0.936. The van der Waals surface area contributed by atoms with E-state index < -0.39 is 0 Å². The number of hydrogen-bond donors (Lipinski definition) is 0. The van der Waals surface area contributed by atoms with Crippen molar-refractivity contribution in [1.82, 2.24) is 0 Å². The fourth-order valence-electron chi connectivity index (χ4n) is 1.47. The average molecular weight is 145 g/mol. The molecule has 2 rings (SSSR count). The van der Waals surface area contributed by atoms with E-state index >= 15 is 0 Å². The summed E-state index contributed by atoms with van der Waals surface area (Å²) >= 11 is 0. The topological polar surface area (TPSA) is 12.4 Å². The first-order chi connectivity index (χ1) is 5.38. The van der Waals surface area contributed by atoms with Crippen molar-refractivity contribution in [2.45, 2.75) is 12.8 Å². The highest BCUT2D eigenvalue weighted by molar-refractivity contribution is 6.15. The fourth-order valence-corrected chi connectivity index (χ4v) is 1.47. The Hall–Kier alpha value is -1.11. The summed E-state index contributed by atoms with van der Waals surface area (Å²) < 4.78 is 0. The molecule has 1 aliphatic heterocycles. The first-order valence-electron chi connectivity index (χ1n) is 3.97. The molecule has 56 valence electrons. The van der Waals surface area contributed by atoms with Crippen LogP contribution in [-0.4, -0.2) is 12.3 Å². The molecule has 0 radical (unpaired) electrons. The van der Waals surface area contributed by atoms with Crippen LogP contribution in [0.15, 0.2) is 40.9 Å². The molecule has 0 atom stereocenters. The summed E-state index contributed by atoms with van der Waals surface area (Å²) in [5, 5.41) is 0. The zero-order valence-corrected chi connectivity index (χ0v) is 6.51. The third kappa shape index (κ3) is 1.07. The molecule has 1 aliphatic carbocycles. The van der Waals surface area contributed by atoms with Gasteiger partial charge in [0.2, 0.25) is 0 Å². The molecule has 0 spiro atoms. The number of allylic oxidation sites excluding steroid dienone is 4. The van der Waals surface area contributed by atoms with E-state index in [0.717, 1.165) is 25.1 Å². The van der Waals surface area contributed by atoms with Crippen LogP contribution < -0.4 is 0 Å². The van der Waals surface area contributed by atoms with Crippen LogP contribution >= 0.6 is 0 Å². The molecular formula is C10H11N. The van der Waals surface area contributed by atoms with Crippen LogP contribution in [0.5, 0.6) is 0 Å². The maximum absolute atomic E-state index is 4.43. The van der Waals surface area contributed by atoms with E-state index in [-0.39, 0.29) is 0 Å². The summed E-state index contributed by atoms with van der Waals surface area (Å²) in [6.07, 6.45) is 8.58. The van der Waals surface area contributed by atoms with Gasteiger partial charge in [-0.25, -0.2) is 0 Å². The summed E-state index contributed by atoms with van der Waals surface area (Å²) in [5.74, 6) is 0. The lowest BCUT2D eigenvalue weighted by Gasteiger charge is -2.17. The Kier molecular flexibility index (Phi) is 1.50. The maximum Gasteiger partial charge on any atom is 0.0672 e. The van der Waals surface area contributed by atoms with Gasteiger partial charge in [-0.1, -0.05) is 24.8 Å². The van der Waals surface area contributed by atoms with E-state index in [9.17, 15) is 0 Å². The van der Waals surface area contributed by atoms with Gasteiger partial charge in [0.1, 0.15) is 0 Å². The Morgan fingerprint density at radius 3 is 3.18 bits per heavy atom. The van der Waals surface area contributed by atoms with Gasteiger partial charge in [-0.15, -0.1) is 0 Å². The summed E-state index contributed by atoms with van der Waals surface area (Å²) in [5.41, 5.74) is 3.57. The molecule has 1 heteroatoms. The number of nitrogens with zero attached hydrogens (tertiary/aromatic N) is 1. The summed E-state index contributed by atoms with van der Waals surface area (Å²) in [4.78, 5) is 4.43. The van der Waals surface area contributed by atoms with Gasteiger partial charge in [0.05, 0.1) is 5.71 Å². The number of dihydropyridines is 1. The molecule has 0 amide bonds. The predicted molar refractivity (Wildman–Crippen MR) is 47.9 cm³/mol. The van der Waals surface area contributed by atoms with Crippen molar-refractivity contribution in [2.75, 3.05) is 6.54 Å². The normalized spacial score (nSPS) is 22.4. The van der Waals surface area contributed by atoms with E-state index in [2.05, 4.69) is 29.8 Å². The highest BCUT2D eigenvalue weighted by Crippen LogP contribution is 2.21. The highest BCUT2D eigenvalue weighted by Gasteiger charge is 2.13. The Bertz CT molecular complexity index is 279. The largest absolute Gasteiger partial charge is 0.284 e. The molecule has 0 saturated carbocycles. The van der Waals surface area contributed by atoms with Crippen molar-refractivity contribution in [3.63, 3.8) is 0 Å². The third-order valence-corrected chi connectivity index (χ3v) is 2.03. The second kappa shape index (κ2) is 2.50. The summed E-state index contributed by atoms with van der Waals surface area (Å²) in [7, 11) is 0. The molecule has 0 fully saturated rings. The van der Waals surface area contributed by atoms with Crippen molar-refractivity contribution in [3.8, 4) is 0 Å². The number of hydrogen-bond acceptors (Lipinski definition) is 1. The lowest BCUT2D eigenvalue weighted by molar-refractivity contribution is 0.978. The molecular weight excluding hydrogens is 134 g/mol. The molecule has 2 aliphatic rings. The van der Waals surface area contributed by atoms with Crippen LogP contribution in [0, 0.1) is 0 Å². The second-order valence-electron chi connectivity index (χ2n) is 2.89. The SMILES string of the molecule is C=C1CC=CC2=CCCN=C12. The smallest absolute Gasteiger partial charge is 0.0672 e. The summed E-state index contributed by atoms with van der Waals surface area (Å²) in [6.45, 7) is 4.91.